The summed E-state index contributed by atoms with van der Waals surface area (Å²) >= 11 is -5.86. The van der Waals surface area contributed by atoms with E-state index in [-0.39, 0.29) is 11.3 Å². The smallest absolute Gasteiger partial charge is 0.368 e. The summed E-state index contributed by atoms with van der Waals surface area (Å²) in [4.78, 5) is 0. The molecule has 0 fully saturated rings. The quantitative estimate of drug-likeness (QED) is 0.193. The summed E-state index contributed by atoms with van der Waals surface area (Å²) in [6.45, 7) is 0. The Morgan fingerprint density at radius 3 is 1.10 bits per heavy atom. The molecule has 0 aliphatic heterocycles. The monoisotopic (exact) mass is 294 g/mol. The number of hydrogen-bond donors (Lipinski definition) is 4. The molecule has 0 rings (SSSR count). The summed E-state index contributed by atoms with van der Waals surface area (Å²) in [5, 5.41) is 12.0. The van der Waals surface area contributed by atoms with E-state index in [1.165, 1.54) is 0 Å². The fraction of sp³-hybridized carbons (Fsp3) is 0. The van der Waals surface area contributed by atoms with Gasteiger partial charge in [0.05, 0.1) is 0 Å². The molecule has 0 aliphatic rings. The summed E-state index contributed by atoms with van der Waals surface area (Å²) in [6.07, 6.45) is 0. The minimum atomic E-state index is -5.69. The van der Waals surface area contributed by atoms with Crippen molar-refractivity contribution in [3.05, 3.63) is 0 Å². The van der Waals surface area contributed by atoms with Crippen molar-refractivity contribution in [3.8, 4) is 0 Å². The predicted molar refractivity (Wildman–Crippen MR) is 9.70 cm³/mol. The molecule has 0 atom stereocenters. The zero-order valence-corrected chi connectivity index (χ0v) is 7.09. The maximum absolute atomic E-state index is 8.73. The molecule has 10 heavy (non-hydrogen) atoms. The summed E-state index contributed by atoms with van der Waals surface area (Å²) in [7, 11) is 0. The van der Waals surface area contributed by atoms with Crippen LogP contribution in [0.25, 0.3) is 0 Å². The van der Waals surface area contributed by atoms with Gasteiger partial charge < -0.3 is 4.66 Å². The van der Waals surface area contributed by atoms with Crippen molar-refractivity contribution < 1.29 is 65.0 Å². The van der Waals surface area contributed by atoms with E-state index in [0.29, 0.717) is 0 Å². The molecule has 0 aromatic carbocycles. The summed E-state index contributed by atoms with van der Waals surface area (Å²) in [6, 6.07) is 0. The van der Waals surface area contributed by atoms with Crippen molar-refractivity contribution in [2.45, 2.75) is 0 Å². The van der Waals surface area contributed by atoms with Crippen LogP contribution in [0.5, 0.6) is 0 Å². The van der Waals surface area contributed by atoms with Gasteiger partial charge in [0.25, 0.3) is 0 Å². The Bertz CT molecular complexity index is 33.0. The Kier molecular flexibility index (Phi) is 21.0. The van der Waals surface area contributed by atoms with Crippen LogP contribution in [0.2, 0.25) is 0 Å². The Balaban J connectivity index is -0.0000000847. The first-order chi connectivity index (χ1) is 4.41. The number of halogens is 2. The molecule has 10 heteroatoms. The molecule has 0 aromatic heterocycles. The highest BCUT2D eigenvalue weighted by atomic mass is 127. The van der Waals surface area contributed by atoms with E-state index in [2.05, 4.69) is 0 Å². The van der Waals surface area contributed by atoms with Crippen molar-refractivity contribution in [3.63, 3.8) is 0 Å². The molecule has 0 bridgehead atoms. The van der Waals surface area contributed by atoms with Gasteiger partial charge in [0.2, 0.25) is 0 Å². The van der Waals surface area contributed by atoms with Crippen LogP contribution in [0.15, 0.2) is 0 Å². The van der Waals surface area contributed by atoms with Crippen LogP contribution in [0.4, 0.5) is 0 Å². The van der Waals surface area contributed by atoms with Gasteiger partial charge in [0.1, 0.15) is 0 Å². The molecule has 0 unspecified atom stereocenters. The SMILES string of the molecule is OO.[O-][Cl+]O.[O-][I+3]([O-])([O-])O. The lowest BCUT2D eigenvalue weighted by molar-refractivity contribution is -1.92. The van der Waals surface area contributed by atoms with Gasteiger partial charge in [-0.2, -0.15) is 0 Å². The van der Waals surface area contributed by atoms with E-state index < -0.39 is 20.1 Å². The molecular formula is H4ClIO8. The Hall–Kier alpha value is 0.700. The zero-order valence-electron chi connectivity index (χ0n) is 4.18. The number of rotatable bonds is 0. The van der Waals surface area contributed by atoms with Crippen LogP contribution in [0.1, 0.15) is 0 Å². The normalized spacial score (nSPS) is 8.40. The lowest BCUT2D eigenvalue weighted by Crippen LogP contribution is -4.23. The van der Waals surface area contributed by atoms with Gasteiger partial charge in [0, 0.05) is 3.44 Å². The molecule has 0 heterocycles. The van der Waals surface area contributed by atoms with Crippen molar-refractivity contribution in [2.24, 2.45) is 0 Å². The minimum absolute atomic E-state index is 0.167. The highest BCUT2D eigenvalue weighted by molar-refractivity contribution is 2.15. The van der Waals surface area contributed by atoms with Gasteiger partial charge in [-0.15, -0.1) is 4.66 Å². The Morgan fingerprint density at radius 1 is 1.10 bits per heavy atom. The first kappa shape index (κ1) is 17.0. The summed E-state index contributed by atoms with van der Waals surface area (Å²) in [5.74, 6) is 0. The van der Waals surface area contributed by atoms with Crippen LogP contribution in [-0.4, -0.2) is 18.6 Å². The second kappa shape index (κ2) is 12.4. The highest BCUT2D eigenvalue weighted by Gasteiger charge is 2.11. The van der Waals surface area contributed by atoms with E-state index in [9.17, 15) is 0 Å². The molecule has 0 aromatic rings. The number of hydrogen-bond acceptors (Lipinski definition) is 8. The zero-order chi connectivity index (χ0) is 9.21. The van der Waals surface area contributed by atoms with Crippen molar-refractivity contribution in [1.29, 1.82) is 0 Å². The molecule has 66 valence electrons. The van der Waals surface area contributed by atoms with Gasteiger partial charge in [-0.25, -0.2) is 0 Å². The molecule has 0 aliphatic carbocycles. The molecule has 0 amide bonds. The molecule has 8 nitrogen and oxygen atoms in total. The largest absolute Gasteiger partial charge is 0.506 e. The Morgan fingerprint density at radius 2 is 1.10 bits per heavy atom. The third-order valence-corrected chi connectivity index (χ3v) is 0. The molecule has 4 N–H and O–H groups in total. The fourth-order valence-electron chi connectivity index (χ4n) is 0. The standard InChI is InChI=1S/ClHO2.HIO4.H2O2/c2-1-3;2-1(3,4)5;1-2/h2H;2H;1-2H. The van der Waals surface area contributed by atoms with E-state index in [0.717, 1.165) is 0 Å². The van der Waals surface area contributed by atoms with Crippen molar-refractivity contribution >= 4 is 0 Å². The van der Waals surface area contributed by atoms with E-state index in [1.54, 1.807) is 0 Å². The van der Waals surface area contributed by atoms with E-state index in [4.69, 9.17) is 33.6 Å². The van der Waals surface area contributed by atoms with Gasteiger partial charge in [-0.3, -0.25) is 20.8 Å². The molecule has 0 radical (unpaired) electrons. The van der Waals surface area contributed by atoms with Crippen LogP contribution >= 0.6 is 0 Å². The third-order valence-electron chi connectivity index (χ3n) is 0. The predicted octanol–water partition coefficient (Wildman–Crippen LogP) is -8.85. The van der Waals surface area contributed by atoms with E-state index >= 15 is 0 Å². The second-order valence-corrected chi connectivity index (χ2v) is 2.86. The highest BCUT2D eigenvalue weighted by Crippen LogP contribution is 1.13. The molecule has 0 saturated heterocycles. The maximum atomic E-state index is 8.73. The van der Waals surface area contributed by atoms with Crippen molar-refractivity contribution in [1.82, 2.24) is 0 Å². The van der Waals surface area contributed by atoms with Gasteiger partial charge >= 0.3 is 31.4 Å². The molecule has 0 saturated carbocycles. The minimum Gasteiger partial charge on any atom is -0.506 e. The summed E-state index contributed by atoms with van der Waals surface area (Å²) in [5.41, 5.74) is 0. The van der Waals surface area contributed by atoms with Gasteiger partial charge in [-0.1, -0.05) is 0 Å². The third kappa shape index (κ3) is 1050. The average Bonchev–Trinajstić information content (AvgIpc) is 1.68. The lowest BCUT2D eigenvalue weighted by Gasteiger charge is -1.93. The Labute approximate surface area is 65.3 Å². The van der Waals surface area contributed by atoms with Crippen LogP contribution in [0.3, 0.4) is 0 Å². The first-order valence-corrected chi connectivity index (χ1v) is 5.41. The fourth-order valence-corrected chi connectivity index (χ4v) is 0. The van der Waals surface area contributed by atoms with Crippen LogP contribution in [-0.2, 0) is 0 Å². The maximum Gasteiger partial charge on any atom is 0.368 e. The van der Waals surface area contributed by atoms with Gasteiger partial charge in [-0.05, 0) is 0 Å². The van der Waals surface area contributed by atoms with Crippen molar-refractivity contribution in [2.75, 3.05) is 0 Å². The van der Waals surface area contributed by atoms with Crippen LogP contribution < -0.4 is 35.1 Å². The van der Waals surface area contributed by atoms with Crippen LogP contribution in [0, 0.1) is 11.3 Å². The van der Waals surface area contributed by atoms with E-state index in [1.807, 2.05) is 0 Å². The first-order valence-electron chi connectivity index (χ1n) is 1.16. The molecule has 0 spiro atoms. The van der Waals surface area contributed by atoms with Gasteiger partial charge in [0.15, 0.2) is 0 Å². The second-order valence-electron chi connectivity index (χ2n) is 0.465. The topological polar surface area (TPSA) is 173 Å². The lowest BCUT2D eigenvalue weighted by atomic mass is 15.0. The molecular weight excluding hydrogens is 290 g/mol. The average molecular weight is 294 g/mol. The summed E-state index contributed by atoms with van der Waals surface area (Å²) < 4.78 is 48.4.